The lowest BCUT2D eigenvalue weighted by molar-refractivity contribution is 0.666. The molecule has 1 aromatic rings. The molecule has 1 aromatic heterocycles. The molecule has 0 saturated carbocycles. The van der Waals surface area contributed by atoms with Crippen molar-refractivity contribution in [3.05, 3.63) is 16.1 Å². The van der Waals surface area contributed by atoms with Crippen LogP contribution in [0.5, 0.6) is 0 Å². The molecule has 88 valence electrons. The number of rotatable bonds is 4. The molecular weight excluding hydrogens is 238 g/mol. The van der Waals surface area contributed by atoms with Gasteiger partial charge in [-0.2, -0.15) is 0 Å². The number of hydrogen-bond donors (Lipinski definition) is 1. The number of aliphatic imine (C=N–C) groups is 1. The van der Waals surface area contributed by atoms with E-state index in [9.17, 15) is 0 Å². The van der Waals surface area contributed by atoms with Crippen molar-refractivity contribution >= 4 is 28.3 Å². The molecule has 1 aliphatic heterocycles. The van der Waals surface area contributed by atoms with Crippen molar-refractivity contribution in [2.24, 2.45) is 4.99 Å². The average Bonchev–Trinajstić information content (AvgIpc) is 2.88. The van der Waals surface area contributed by atoms with Gasteiger partial charge in [-0.15, -0.1) is 11.3 Å². The van der Waals surface area contributed by atoms with Crippen LogP contribution in [0.3, 0.4) is 0 Å². The zero-order chi connectivity index (χ0) is 11.4. The summed E-state index contributed by atoms with van der Waals surface area (Å²) in [7, 11) is 0. The first-order valence-corrected chi connectivity index (χ1v) is 7.49. The molecule has 2 heterocycles. The Morgan fingerprint density at radius 2 is 2.50 bits per heavy atom. The van der Waals surface area contributed by atoms with E-state index in [1.165, 1.54) is 12.1 Å². The van der Waals surface area contributed by atoms with E-state index in [1.807, 2.05) is 18.7 Å². The van der Waals surface area contributed by atoms with Gasteiger partial charge >= 0.3 is 0 Å². The van der Waals surface area contributed by atoms with Crippen molar-refractivity contribution < 1.29 is 0 Å². The fourth-order valence-electron chi connectivity index (χ4n) is 1.54. The lowest BCUT2D eigenvalue weighted by Gasteiger charge is -2.04. The van der Waals surface area contributed by atoms with Crippen LogP contribution in [0, 0.1) is 6.92 Å². The van der Waals surface area contributed by atoms with Crippen molar-refractivity contribution in [2.75, 3.05) is 12.3 Å². The Balaban J connectivity index is 1.77. The average molecular weight is 255 g/mol. The van der Waals surface area contributed by atoms with Crippen molar-refractivity contribution in [2.45, 2.75) is 32.7 Å². The monoisotopic (exact) mass is 255 g/mol. The number of amidine groups is 1. The third-order valence-corrected chi connectivity index (χ3v) is 4.44. The molecule has 0 bridgehead atoms. The van der Waals surface area contributed by atoms with Crippen molar-refractivity contribution in [1.82, 2.24) is 10.3 Å². The van der Waals surface area contributed by atoms with Crippen LogP contribution in [0.15, 0.2) is 10.4 Å². The van der Waals surface area contributed by atoms with Gasteiger partial charge in [0.2, 0.25) is 0 Å². The second-order valence-corrected chi connectivity index (χ2v) is 5.93. The molecule has 1 atom stereocenters. The predicted octanol–water partition coefficient (Wildman–Crippen LogP) is 2.47. The zero-order valence-electron chi connectivity index (χ0n) is 9.69. The Bertz CT molecular complexity index is 373. The summed E-state index contributed by atoms with van der Waals surface area (Å²) in [5.74, 6) is 1.16. The maximum Gasteiger partial charge on any atom is 0.156 e. The van der Waals surface area contributed by atoms with Gasteiger partial charge < -0.3 is 5.32 Å². The third-order valence-electron chi connectivity index (χ3n) is 2.53. The third kappa shape index (κ3) is 3.22. The Labute approximate surface area is 105 Å². The molecule has 5 heteroatoms. The second kappa shape index (κ2) is 5.68. The van der Waals surface area contributed by atoms with Crippen LogP contribution in [0.25, 0.3) is 0 Å². The van der Waals surface area contributed by atoms with Crippen molar-refractivity contribution in [1.29, 1.82) is 0 Å². The summed E-state index contributed by atoms with van der Waals surface area (Å²) in [5.41, 5.74) is 1.17. The van der Waals surface area contributed by atoms with Crippen molar-refractivity contribution in [3.63, 3.8) is 0 Å². The van der Waals surface area contributed by atoms with Gasteiger partial charge in [0.15, 0.2) is 5.17 Å². The normalized spacial score (nSPS) is 22.6. The first-order valence-electron chi connectivity index (χ1n) is 5.62. The van der Waals surface area contributed by atoms with E-state index in [2.05, 4.69) is 27.6 Å². The second-order valence-electron chi connectivity index (χ2n) is 3.86. The van der Waals surface area contributed by atoms with E-state index in [4.69, 9.17) is 0 Å². The van der Waals surface area contributed by atoms with Crippen LogP contribution in [0.4, 0.5) is 0 Å². The molecule has 1 fully saturated rings. The van der Waals surface area contributed by atoms with Crippen LogP contribution in [0.1, 0.15) is 24.0 Å². The van der Waals surface area contributed by atoms with Gasteiger partial charge in [-0.1, -0.05) is 18.7 Å². The van der Waals surface area contributed by atoms with Gasteiger partial charge in [0.25, 0.3) is 0 Å². The maximum absolute atomic E-state index is 4.56. The summed E-state index contributed by atoms with van der Waals surface area (Å²) in [6.07, 6.45) is 2.13. The molecule has 1 N–H and O–H groups in total. The van der Waals surface area contributed by atoms with Crippen molar-refractivity contribution in [3.8, 4) is 0 Å². The highest BCUT2D eigenvalue weighted by atomic mass is 32.2. The molecule has 0 spiro atoms. The van der Waals surface area contributed by atoms with Crippen LogP contribution in [0.2, 0.25) is 0 Å². The highest BCUT2D eigenvalue weighted by Gasteiger charge is 2.17. The number of aryl methyl sites for hydroxylation is 1. The molecule has 1 unspecified atom stereocenters. The quantitative estimate of drug-likeness (QED) is 0.898. The van der Waals surface area contributed by atoms with E-state index in [0.717, 1.165) is 28.9 Å². The van der Waals surface area contributed by atoms with Crippen LogP contribution >= 0.6 is 23.1 Å². The van der Waals surface area contributed by atoms with Gasteiger partial charge in [0.05, 0.1) is 10.7 Å². The highest BCUT2D eigenvalue weighted by molar-refractivity contribution is 8.14. The molecule has 16 heavy (non-hydrogen) atoms. The highest BCUT2D eigenvalue weighted by Crippen LogP contribution is 2.15. The number of nitrogens with one attached hydrogen (secondary N) is 1. The lowest BCUT2D eigenvalue weighted by Crippen LogP contribution is -2.25. The van der Waals surface area contributed by atoms with E-state index in [1.54, 1.807) is 11.3 Å². The number of thiazole rings is 1. The molecule has 0 aromatic carbocycles. The lowest BCUT2D eigenvalue weighted by atomic mass is 10.3. The Kier molecular flexibility index (Phi) is 4.23. The van der Waals surface area contributed by atoms with Crippen LogP contribution in [-0.4, -0.2) is 28.5 Å². The molecule has 2 rings (SSSR count). The van der Waals surface area contributed by atoms with E-state index < -0.39 is 0 Å². The minimum Gasteiger partial charge on any atom is -0.361 e. The number of hydrogen-bond acceptors (Lipinski definition) is 4. The van der Waals surface area contributed by atoms with Gasteiger partial charge in [-0.25, -0.2) is 4.98 Å². The topological polar surface area (TPSA) is 37.3 Å². The molecule has 1 aliphatic rings. The Hall–Kier alpha value is -0.550. The summed E-state index contributed by atoms with van der Waals surface area (Å²) in [6, 6.07) is 0.616. The SMILES string of the molecule is CCC1CSC(=NCCc2csc(C)n2)N1. The van der Waals surface area contributed by atoms with Crippen LogP contribution < -0.4 is 5.32 Å². The predicted molar refractivity (Wildman–Crippen MR) is 72.5 cm³/mol. The summed E-state index contributed by atoms with van der Waals surface area (Å²) in [6.45, 7) is 5.09. The summed E-state index contributed by atoms with van der Waals surface area (Å²) in [4.78, 5) is 8.99. The van der Waals surface area contributed by atoms with Crippen LogP contribution in [-0.2, 0) is 6.42 Å². The maximum atomic E-state index is 4.56. The molecule has 1 saturated heterocycles. The number of aromatic nitrogens is 1. The van der Waals surface area contributed by atoms with Gasteiger partial charge in [-0.3, -0.25) is 4.99 Å². The standard InChI is InChI=1S/C11H17N3S2/c1-3-9-6-16-11(14-9)12-5-4-10-7-15-8(2)13-10/h7,9H,3-6H2,1-2H3,(H,12,14). The van der Waals surface area contributed by atoms with Gasteiger partial charge in [-0.05, 0) is 13.3 Å². The Morgan fingerprint density at radius 1 is 1.62 bits per heavy atom. The zero-order valence-corrected chi connectivity index (χ0v) is 11.3. The smallest absolute Gasteiger partial charge is 0.156 e. The molecule has 0 radical (unpaired) electrons. The minimum atomic E-state index is 0.616. The van der Waals surface area contributed by atoms with E-state index in [-0.39, 0.29) is 0 Å². The Morgan fingerprint density at radius 3 is 3.12 bits per heavy atom. The first-order chi connectivity index (χ1) is 7.78. The van der Waals surface area contributed by atoms with E-state index in [0.29, 0.717) is 6.04 Å². The summed E-state index contributed by atoms with van der Waals surface area (Å²) < 4.78 is 0. The van der Waals surface area contributed by atoms with Gasteiger partial charge in [0.1, 0.15) is 0 Å². The molecule has 0 aliphatic carbocycles. The number of thioether (sulfide) groups is 1. The molecule has 0 amide bonds. The first kappa shape index (κ1) is 11.9. The minimum absolute atomic E-state index is 0.616. The number of nitrogens with zero attached hydrogens (tertiary/aromatic N) is 2. The van der Waals surface area contributed by atoms with Gasteiger partial charge in [0, 0.05) is 30.1 Å². The fourth-order valence-corrected chi connectivity index (χ4v) is 3.30. The summed E-state index contributed by atoms with van der Waals surface area (Å²) >= 11 is 3.55. The fraction of sp³-hybridized carbons (Fsp3) is 0.636. The summed E-state index contributed by atoms with van der Waals surface area (Å²) in [5, 5.41) is 7.80. The molecular formula is C11H17N3S2. The largest absolute Gasteiger partial charge is 0.361 e. The molecule has 3 nitrogen and oxygen atoms in total. The van der Waals surface area contributed by atoms with E-state index >= 15 is 0 Å².